The zero-order chi connectivity index (χ0) is 12.1. The maximum absolute atomic E-state index is 11.2. The van der Waals surface area contributed by atoms with Gasteiger partial charge in [-0.05, 0) is 6.42 Å². The molecule has 0 saturated heterocycles. The van der Waals surface area contributed by atoms with Gasteiger partial charge in [0, 0.05) is 32.6 Å². The van der Waals surface area contributed by atoms with Crippen LogP contribution >= 0.6 is 0 Å². The van der Waals surface area contributed by atoms with Gasteiger partial charge in [-0.15, -0.1) is 0 Å². The van der Waals surface area contributed by atoms with Gasteiger partial charge < -0.3 is 15.9 Å². The van der Waals surface area contributed by atoms with Gasteiger partial charge in [-0.1, -0.05) is 26.2 Å². The lowest BCUT2D eigenvalue weighted by Crippen LogP contribution is -2.31. The molecule has 0 radical (unpaired) electrons. The van der Waals surface area contributed by atoms with Crippen LogP contribution in [-0.4, -0.2) is 32.1 Å². The first-order valence-electron chi connectivity index (χ1n) is 6.14. The second-order valence-corrected chi connectivity index (χ2v) is 3.72. The van der Waals surface area contributed by atoms with Crippen molar-refractivity contribution < 1.29 is 9.63 Å². The van der Waals surface area contributed by atoms with E-state index in [0.29, 0.717) is 19.5 Å². The monoisotopic (exact) mass is 231 g/mol. The van der Waals surface area contributed by atoms with Crippen molar-refractivity contribution in [2.75, 3.05) is 26.2 Å². The van der Waals surface area contributed by atoms with Crippen molar-refractivity contribution in [2.24, 2.45) is 5.73 Å². The lowest BCUT2D eigenvalue weighted by atomic mass is 10.2. The predicted molar refractivity (Wildman–Crippen MR) is 64.8 cm³/mol. The van der Waals surface area contributed by atoms with E-state index in [2.05, 4.69) is 17.7 Å². The van der Waals surface area contributed by atoms with Crippen LogP contribution in [0.4, 0.5) is 0 Å². The Kier molecular flexibility index (Phi) is 11.9. The molecule has 0 aromatic carbocycles. The van der Waals surface area contributed by atoms with E-state index < -0.39 is 0 Å². The van der Waals surface area contributed by atoms with E-state index >= 15 is 0 Å². The van der Waals surface area contributed by atoms with Crippen LogP contribution in [0.5, 0.6) is 0 Å². The second-order valence-electron chi connectivity index (χ2n) is 3.72. The quantitative estimate of drug-likeness (QED) is 0.358. The summed E-state index contributed by atoms with van der Waals surface area (Å²) in [4.78, 5) is 16.0. The topological polar surface area (TPSA) is 76.4 Å². The molecule has 5 heteroatoms. The maximum Gasteiger partial charge on any atom is 0.324 e. The third-order valence-corrected chi connectivity index (χ3v) is 2.15. The summed E-state index contributed by atoms with van der Waals surface area (Å²) in [6.45, 7) is 4.92. The van der Waals surface area contributed by atoms with Crippen LogP contribution in [0.15, 0.2) is 0 Å². The fraction of sp³-hybridized carbons (Fsp3) is 0.909. The molecule has 0 unspecified atom stereocenters. The van der Waals surface area contributed by atoms with E-state index in [1.807, 2.05) is 0 Å². The number of carbonyl (C=O) groups excluding carboxylic acids is 1. The molecule has 0 spiro atoms. The van der Waals surface area contributed by atoms with Crippen molar-refractivity contribution in [2.45, 2.75) is 39.0 Å². The summed E-state index contributed by atoms with van der Waals surface area (Å²) >= 11 is 0. The zero-order valence-electron chi connectivity index (χ0n) is 10.3. The minimum Gasteiger partial charge on any atom is -0.371 e. The van der Waals surface area contributed by atoms with Gasteiger partial charge in [0.25, 0.3) is 0 Å². The number of nitrogens with one attached hydrogen (secondary N) is 2. The molecule has 0 saturated carbocycles. The van der Waals surface area contributed by atoms with Gasteiger partial charge in [-0.2, -0.15) is 5.48 Å². The maximum atomic E-state index is 11.2. The molecular weight excluding hydrogens is 206 g/mol. The summed E-state index contributed by atoms with van der Waals surface area (Å²) < 4.78 is 0. The third-order valence-electron chi connectivity index (χ3n) is 2.15. The molecular formula is C11H25N3O2. The summed E-state index contributed by atoms with van der Waals surface area (Å²) in [6, 6.07) is 0. The summed E-state index contributed by atoms with van der Waals surface area (Å²) in [5.41, 5.74) is 7.93. The van der Waals surface area contributed by atoms with Gasteiger partial charge in [0.15, 0.2) is 0 Å². The smallest absolute Gasteiger partial charge is 0.324 e. The Hall–Kier alpha value is -0.650. The standard InChI is InChI=1S/C11H25N3O2/c1-2-3-4-5-6-11(15)16-14-10-9-13-8-7-12/h13-14H,2-10,12H2,1H3. The molecule has 4 N–H and O–H groups in total. The molecule has 0 heterocycles. The fourth-order valence-electron chi connectivity index (χ4n) is 1.25. The van der Waals surface area contributed by atoms with Crippen molar-refractivity contribution in [1.82, 2.24) is 10.8 Å². The van der Waals surface area contributed by atoms with E-state index in [0.717, 1.165) is 25.9 Å². The molecule has 0 bridgehead atoms. The molecule has 0 aromatic rings. The normalized spacial score (nSPS) is 10.4. The van der Waals surface area contributed by atoms with Crippen LogP contribution in [-0.2, 0) is 9.63 Å². The van der Waals surface area contributed by atoms with Gasteiger partial charge in [-0.25, -0.2) is 0 Å². The lowest BCUT2D eigenvalue weighted by Gasteiger charge is -2.06. The highest BCUT2D eigenvalue weighted by Gasteiger charge is 2.01. The summed E-state index contributed by atoms with van der Waals surface area (Å²) in [6.07, 6.45) is 4.89. The van der Waals surface area contributed by atoms with Crippen molar-refractivity contribution in [3.05, 3.63) is 0 Å². The van der Waals surface area contributed by atoms with Gasteiger partial charge in [-0.3, -0.25) is 4.79 Å². The predicted octanol–water partition coefficient (Wildman–Crippen LogP) is 0.553. The number of nitrogens with two attached hydrogens (primary N) is 1. The Morgan fingerprint density at radius 1 is 1.19 bits per heavy atom. The van der Waals surface area contributed by atoms with E-state index in [4.69, 9.17) is 10.6 Å². The van der Waals surface area contributed by atoms with Gasteiger partial charge >= 0.3 is 5.97 Å². The molecule has 0 amide bonds. The van der Waals surface area contributed by atoms with Crippen LogP contribution in [0, 0.1) is 0 Å². The van der Waals surface area contributed by atoms with Crippen LogP contribution < -0.4 is 16.5 Å². The highest BCUT2D eigenvalue weighted by atomic mass is 16.7. The lowest BCUT2D eigenvalue weighted by molar-refractivity contribution is -0.151. The first-order valence-corrected chi connectivity index (χ1v) is 6.14. The number of hydrogen-bond acceptors (Lipinski definition) is 5. The third kappa shape index (κ3) is 11.4. The van der Waals surface area contributed by atoms with Crippen molar-refractivity contribution in [3.8, 4) is 0 Å². The molecule has 16 heavy (non-hydrogen) atoms. The highest BCUT2D eigenvalue weighted by Crippen LogP contribution is 2.02. The molecule has 0 aromatic heterocycles. The van der Waals surface area contributed by atoms with Crippen LogP contribution in [0.3, 0.4) is 0 Å². The molecule has 0 rings (SSSR count). The Balaban J connectivity index is 3.11. The second kappa shape index (κ2) is 12.4. The first kappa shape index (κ1) is 15.3. The van der Waals surface area contributed by atoms with Gasteiger partial charge in [0.2, 0.25) is 0 Å². The van der Waals surface area contributed by atoms with E-state index in [1.54, 1.807) is 0 Å². The average molecular weight is 231 g/mol. The minimum atomic E-state index is -0.171. The number of rotatable bonds is 11. The summed E-state index contributed by atoms with van der Waals surface area (Å²) in [5, 5.41) is 3.09. The molecule has 96 valence electrons. The van der Waals surface area contributed by atoms with Crippen molar-refractivity contribution >= 4 is 5.97 Å². The largest absolute Gasteiger partial charge is 0.371 e. The highest BCUT2D eigenvalue weighted by molar-refractivity contribution is 5.68. The Labute approximate surface area is 98.1 Å². The number of carbonyl (C=O) groups is 1. The Bertz CT molecular complexity index is 165. The van der Waals surface area contributed by atoms with Crippen LogP contribution in [0.25, 0.3) is 0 Å². The number of hydroxylamine groups is 1. The molecule has 0 aliphatic carbocycles. The molecule has 0 fully saturated rings. The van der Waals surface area contributed by atoms with E-state index in [9.17, 15) is 4.79 Å². The molecule has 0 aliphatic heterocycles. The first-order chi connectivity index (χ1) is 7.81. The summed E-state index contributed by atoms with van der Waals surface area (Å²) in [5.74, 6) is -0.171. The molecule has 0 aliphatic rings. The van der Waals surface area contributed by atoms with Crippen molar-refractivity contribution in [3.63, 3.8) is 0 Å². The SMILES string of the molecule is CCCCCCC(=O)ONCCNCCN. The minimum absolute atomic E-state index is 0.171. The van der Waals surface area contributed by atoms with Crippen LogP contribution in [0.2, 0.25) is 0 Å². The molecule has 5 nitrogen and oxygen atoms in total. The zero-order valence-corrected chi connectivity index (χ0v) is 10.3. The molecule has 0 atom stereocenters. The van der Waals surface area contributed by atoms with Crippen LogP contribution in [0.1, 0.15) is 39.0 Å². The number of unbranched alkanes of at least 4 members (excludes halogenated alkanes) is 3. The average Bonchev–Trinajstić information content (AvgIpc) is 2.29. The fourth-order valence-corrected chi connectivity index (χ4v) is 1.25. The Morgan fingerprint density at radius 2 is 2.00 bits per heavy atom. The summed E-state index contributed by atoms with van der Waals surface area (Å²) in [7, 11) is 0. The van der Waals surface area contributed by atoms with E-state index in [1.165, 1.54) is 12.8 Å². The van der Waals surface area contributed by atoms with Gasteiger partial charge in [0.05, 0.1) is 0 Å². The van der Waals surface area contributed by atoms with E-state index in [-0.39, 0.29) is 5.97 Å². The Morgan fingerprint density at radius 3 is 2.69 bits per heavy atom. The van der Waals surface area contributed by atoms with Gasteiger partial charge in [0.1, 0.15) is 0 Å². The van der Waals surface area contributed by atoms with Crippen molar-refractivity contribution in [1.29, 1.82) is 0 Å². The number of hydrogen-bond donors (Lipinski definition) is 3.